The number of amides is 1. The first-order chi connectivity index (χ1) is 15.0. The number of likely N-dealkylation sites (tertiary alicyclic amines) is 1. The molecule has 1 amide bonds. The van der Waals surface area contributed by atoms with E-state index in [1.807, 2.05) is 24.0 Å². The SMILES string of the molecule is COC(=O)c1ccc(Nc2c(C(=O)N3CCCC(C)C3)cnc3nc(C)ccc23)cc1.Cl. The summed E-state index contributed by atoms with van der Waals surface area (Å²) in [6.07, 6.45) is 3.76. The molecule has 1 aliphatic rings. The van der Waals surface area contributed by atoms with Crippen LogP contribution in [0.1, 0.15) is 46.2 Å². The van der Waals surface area contributed by atoms with Crippen LogP contribution in [0.5, 0.6) is 0 Å². The lowest BCUT2D eigenvalue weighted by atomic mass is 9.99. The molecule has 3 heterocycles. The molecule has 7 nitrogen and oxygen atoms in total. The van der Waals surface area contributed by atoms with Crippen molar-refractivity contribution in [1.29, 1.82) is 0 Å². The van der Waals surface area contributed by atoms with Crippen LogP contribution in [-0.2, 0) is 4.74 Å². The quantitative estimate of drug-likeness (QED) is 0.572. The summed E-state index contributed by atoms with van der Waals surface area (Å²) >= 11 is 0. The fourth-order valence-electron chi connectivity index (χ4n) is 3.96. The fourth-order valence-corrected chi connectivity index (χ4v) is 3.96. The van der Waals surface area contributed by atoms with Crippen molar-refractivity contribution in [2.24, 2.45) is 5.92 Å². The highest BCUT2D eigenvalue weighted by atomic mass is 35.5. The van der Waals surface area contributed by atoms with Crippen LogP contribution in [0.4, 0.5) is 11.4 Å². The van der Waals surface area contributed by atoms with Crippen molar-refractivity contribution in [1.82, 2.24) is 14.9 Å². The molecule has 1 aliphatic heterocycles. The van der Waals surface area contributed by atoms with E-state index in [1.165, 1.54) is 7.11 Å². The van der Waals surface area contributed by atoms with Gasteiger partial charge in [0.2, 0.25) is 0 Å². The molecule has 32 heavy (non-hydrogen) atoms. The van der Waals surface area contributed by atoms with Crippen LogP contribution < -0.4 is 5.32 Å². The number of piperidine rings is 1. The Morgan fingerprint density at radius 3 is 2.59 bits per heavy atom. The van der Waals surface area contributed by atoms with Crippen LogP contribution in [0.25, 0.3) is 11.0 Å². The van der Waals surface area contributed by atoms with Crippen LogP contribution in [-0.4, -0.2) is 46.9 Å². The summed E-state index contributed by atoms with van der Waals surface area (Å²) in [6, 6.07) is 10.8. The van der Waals surface area contributed by atoms with Crippen molar-refractivity contribution in [3.05, 3.63) is 59.4 Å². The number of aryl methyl sites for hydroxylation is 1. The van der Waals surface area contributed by atoms with E-state index in [0.29, 0.717) is 28.4 Å². The number of nitrogens with zero attached hydrogens (tertiary/aromatic N) is 3. The average molecular weight is 455 g/mol. The maximum absolute atomic E-state index is 13.4. The highest BCUT2D eigenvalue weighted by Crippen LogP contribution is 2.31. The summed E-state index contributed by atoms with van der Waals surface area (Å²) in [5, 5.41) is 4.15. The van der Waals surface area contributed by atoms with E-state index < -0.39 is 5.97 Å². The molecular weight excluding hydrogens is 428 g/mol. The van der Waals surface area contributed by atoms with E-state index in [0.717, 1.165) is 42.7 Å². The highest BCUT2D eigenvalue weighted by molar-refractivity contribution is 6.07. The average Bonchev–Trinajstić information content (AvgIpc) is 2.78. The standard InChI is InChI=1S/C24H26N4O3.ClH/c1-15-5-4-12-28(14-15)23(29)20-13-25-22-19(11-6-16(2)26-22)21(20)27-18-9-7-17(8-10-18)24(30)31-3;/h6-11,13,15H,4-5,12,14H2,1-3H3,(H,25,26,27);1H. The fraction of sp³-hybridized carbons (Fsp3) is 0.333. The zero-order valence-corrected chi connectivity index (χ0v) is 19.2. The predicted molar refractivity (Wildman–Crippen MR) is 127 cm³/mol. The van der Waals surface area contributed by atoms with E-state index in [1.54, 1.807) is 30.5 Å². The van der Waals surface area contributed by atoms with Gasteiger partial charge in [0.1, 0.15) is 0 Å². The second-order valence-electron chi connectivity index (χ2n) is 8.06. The van der Waals surface area contributed by atoms with Gasteiger partial charge in [-0.2, -0.15) is 0 Å². The Balaban J connectivity index is 0.00000289. The van der Waals surface area contributed by atoms with Gasteiger partial charge in [0.05, 0.1) is 23.9 Å². The number of hydrogen-bond donors (Lipinski definition) is 1. The summed E-state index contributed by atoms with van der Waals surface area (Å²) in [5.74, 6) is 0.0589. The topological polar surface area (TPSA) is 84.4 Å². The van der Waals surface area contributed by atoms with E-state index in [-0.39, 0.29) is 18.3 Å². The van der Waals surface area contributed by atoms with Crippen LogP contribution >= 0.6 is 12.4 Å². The number of benzene rings is 1. The van der Waals surface area contributed by atoms with Gasteiger partial charge in [-0.1, -0.05) is 6.92 Å². The van der Waals surface area contributed by atoms with Crippen LogP contribution in [0.2, 0.25) is 0 Å². The minimum atomic E-state index is -0.393. The molecule has 1 aromatic carbocycles. The number of fused-ring (bicyclic) bond motifs is 1. The van der Waals surface area contributed by atoms with E-state index in [9.17, 15) is 9.59 Å². The van der Waals surface area contributed by atoms with Gasteiger partial charge in [0, 0.05) is 36.1 Å². The summed E-state index contributed by atoms with van der Waals surface area (Å²) in [6.45, 7) is 5.58. The molecule has 1 saturated heterocycles. The second-order valence-corrected chi connectivity index (χ2v) is 8.06. The largest absolute Gasteiger partial charge is 0.465 e. The normalized spacial score (nSPS) is 15.7. The first kappa shape index (κ1) is 23.5. The maximum atomic E-state index is 13.4. The Morgan fingerprint density at radius 2 is 1.91 bits per heavy atom. The van der Waals surface area contributed by atoms with Gasteiger partial charge < -0.3 is 15.0 Å². The third-order valence-electron chi connectivity index (χ3n) is 5.62. The van der Waals surface area contributed by atoms with Gasteiger partial charge in [-0.05, 0) is 62.1 Å². The molecule has 0 saturated carbocycles. The zero-order chi connectivity index (χ0) is 22.0. The number of rotatable bonds is 4. The highest BCUT2D eigenvalue weighted by Gasteiger charge is 2.25. The molecule has 2 aromatic heterocycles. The summed E-state index contributed by atoms with van der Waals surface area (Å²) < 4.78 is 4.76. The Bertz CT molecular complexity index is 1130. The zero-order valence-electron chi connectivity index (χ0n) is 18.4. The second kappa shape index (κ2) is 9.96. The van der Waals surface area contributed by atoms with Crippen molar-refractivity contribution in [3.8, 4) is 0 Å². The number of ether oxygens (including phenoxy) is 1. The molecular formula is C24H27ClN4O3. The first-order valence-corrected chi connectivity index (χ1v) is 10.5. The molecule has 0 radical (unpaired) electrons. The molecule has 0 aliphatic carbocycles. The molecule has 0 spiro atoms. The van der Waals surface area contributed by atoms with Crippen molar-refractivity contribution in [2.75, 3.05) is 25.5 Å². The summed E-state index contributed by atoms with van der Waals surface area (Å²) in [7, 11) is 1.35. The molecule has 1 fully saturated rings. The predicted octanol–water partition coefficient (Wildman–Crippen LogP) is 4.76. The van der Waals surface area contributed by atoms with Crippen LogP contribution in [0, 0.1) is 12.8 Å². The van der Waals surface area contributed by atoms with Crippen LogP contribution in [0.3, 0.4) is 0 Å². The summed E-state index contributed by atoms with van der Waals surface area (Å²) in [4.78, 5) is 36.0. The van der Waals surface area contributed by atoms with Crippen LogP contribution in [0.15, 0.2) is 42.6 Å². The molecule has 1 atom stereocenters. The molecule has 3 aromatic rings. The number of halogens is 1. The molecule has 4 rings (SSSR count). The lowest BCUT2D eigenvalue weighted by Crippen LogP contribution is -2.39. The maximum Gasteiger partial charge on any atom is 0.337 e. The molecule has 0 bridgehead atoms. The molecule has 168 valence electrons. The number of methoxy groups -OCH3 is 1. The van der Waals surface area contributed by atoms with Crippen molar-refractivity contribution in [3.63, 3.8) is 0 Å². The Kier molecular flexibility index (Phi) is 7.30. The number of carbonyl (C=O) groups excluding carboxylic acids is 2. The van der Waals surface area contributed by atoms with E-state index >= 15 is 0 Å². The lowest BCUT2D eigenvalue weighted by Gasteiger charge is -2.31. The van der Waals surface area contributed by atoms with Gasteiger partial charge in [0.15, 0.2) is 5.65 Å². The number of pyridine rings is 2. The molecule has 8 heteroatoms. The lowest BCUT2D eigenvalue weighted by molar-refractivity contribution is 0.0600. The van der Waals surface area contributed by atoms with Gasteiger partial charge in [0.25, 0.3) is 5.91 Å². The molecule has 1 N–H and O–H groups in total. The third-order valence-corrected chi connectivity index (χ3v) is 5.62. The van der Waals surface area contributed by atoms with Gasteiger partial charge in [-0.3, -0.25) is 4.79 Å². The molecule has 1 unspecified atom stereocenters. The Morgan fingerprint density at radius 1 is 1.16 bits per heavy atom. The van der Waals surface area contributed by atoms with Gasteiger partial charge in [-0.25, -0.2) is 14.8 Å². The number of anilines is 2. The minimum absolute atomic E-state index is 0. The van der Waals surface area contributed by atoms with E-state index in [4.69, 9.17) is 4.74 Å². The minimum Gasteiger partial charge on any atom is -0.465 e. The van der Waals surface area contributed by atoms with Crippen molar-refractivity contribution >= 4 is 46.7 Å². The van der Waals surface area contributed by atoms with Crippen molar-refractivity contribution < 1.29 is 14.3 Å². The van der Waals surface area contributed by atoms with E-state index in [2.05, 4.69) is 22.2 Å². The Labute approximate surface area is 193 Å². The number of carbonyl (C=O) groups is 2. The number of esters is 1. The first-order valence-electron chi connectivity index (χ1n) is 10.5. The third kappa shape index (κ3) is 4.83. The number of aromatic nitrogens is 2. The van der Waals surface area contributed by atoms with Crippen molar-refractivity contribution in [2.45, 2.75) is 26.7 Å². The van der Waals surface area contributed by atoms with Gasteiger partial charge >= 0.3 is 5.97 Å². The van der Waals surface area contributed by atoms with Gasteiger partial charge in [-0.15, -0.1) is 12.4 Å². The summed E-state index contributed by atoms with van der Waals surface area (Å²) in [5.41, 5.74) is 3.84. The number of hydrogen-bond acceptors (Lipinski definition) is 6. The smallest absolute Gasteiger partial charge is 0.337 e. The monoisotopic (exact) mass is 454 g/mol. The number of nitrogens with one attached hydrogen (secondary N) is 1. The Hall–Kier alpha value is -3.19.